The van der Waals surface area contributed by atoms with Crippen LogP contribution in [0.1, 0.15) is 20.3 Å². The summed E-state index contributed by atoms with van der Waals surface area (Å²) in [5.74, 6) is 1.31. The number of ether oxygens (including phenoxy) is 1. The van der Waals surface area contributed by atoms with Gasteiger partial charge in [0.2, 0.25) is 5.91 Å². The highest BCUT2D eigenvalue weighted by atomic mass is 32.2. The standard InChI is InChI=1S/C15H19N3O3S/c1-3-9-16-13(19)10-22-15-18-17-14(21-15)11-7-5-6-8-12(11)20-4-2/h5-8H,3-4,9-10H2,1-2H3,(H,16,19). The number of hydrogen-bond donors (Lipinski definition) is 1. The van der Waals surface area contributed by atoms with Gasteiger partial charge in [-0.25, -0.2) is 0 Å². The van der Waals surface area contributed by atoms with E-state index < -0.39 is 0 Å². The van der Waals surface area contributed by atoms with Gasteiger partial charge in [-0.15, -0.1) is 10.2 Å². The van der Waals surface area contributed by atoms with Crippen LogP contribution in [0.3, 0.4) is 0 Å². The van der Waals surface area contributed by atoms with Gasteiger partial charge in [0.25, 0.3) is 11.1 Å². The van der Waals surface area contributed by atoms with E-state index in [4.69, 9.17) is 9.15 Å². The summed E-state index contributed by atoms with van der Waals surface area (Å²) in [7, 11) is 0. The first-order valence-corrected chi connectivity index (χ1v) is 8.18. The molecular formula is C15H19N3O3S. The number of aromatic nitrogens is 2. The number of benzene rings is 1. The molecule has 1 aromatic carbocycles. The normalized spacial score (nSPS) is 10.5. The Balaban J connectivity index is 2.01. The lowest BCUT2D eigenvalue weighted by Gasteiger charge is -2.06. The second-order valence-corrected chi connectivity index (χ2v) is 5.37. The molecule has 0 unspecified atom stereocenters. The maximum Gasteiger partial charge on any atom is 0.277 e. The molecule has 0 aliphatic heterocycles. The molecule has 0 aliphatic rings. The van der Waals surface area contributed by atoms with Crippen LogP contribution >= 0.6 is 11.8 Å². The van der Waals surface area contributed by atoms with Crippen molar-refractivity contribution in [3.8, 4) is 17.2 Å². The van der Waals surface area contributed by atoms with Crippen LogP contribution in [0.5, 0.6) is 5.75 Å². The Hall–Kier alpha value is -2.02. The number of nitrogens with zero attached hydrogens (tertiary/aromatic N) is 2. The SMILES string of the molecule is CCCNC(=O)CSc1nnc(-c2ccccc2OCC)o1. The number of amides is 1. The van der Waals surface area contributed by atoms with Crippen molar-refractivity contribution < 1.29 is 13.9 Å². The maximum atomic E-state index is 11.5. The van der Waals surface area contributed by atoms with Gasteiger partial charge in [0, 0.05) is 6.54 Å². The van der Waals surface area contributed by atoms with Crippen LogP contribution in [0.2, 0.25) is 0 Å². The first-order valence-electron chi connectivity index (χ1n) is 7.19. The monoisotopic (exact) mass is 321 g/mol. The molecule has 22 heavy (non-hydrogen) atoms. The Kier molecular flexibility index (Phi) is 6.27. The summed E-state index contributed by atoms with van der Waals surface area (Å²) < 4.78 is 11.1. The van der Waals surface area contributed by atoms with Crippen LogP contribution in [0.4, 0.5) is 0 Å². The van der Waals surface area contributed by atoms with E-state index in [0.29, 0.717) is 30.0 Å². The molecule has 0 atom stereocenters. The van der Waals surface area contributed by atoms with Gasteiger partial charge in [0.1, 0.15) is 5.75 Å². The van der Waals surface area contributed by atoms with Crippen molar-refractivity contribution in [2.45, 2.75) is 25.5 Å². The van der Waals surface area contributed by atoms with Gasteiger partial charge in [0.05, 0.1) is 17.9 Å². The molecule has 6 nitrogen and oxygen atoms in total. The highest BCUT2D eigenvalue weighted by Gasteiger charge is 2.14. The van der Waals surface area contributed by atoms with Gasteiger partial charge in [-0.1, -0.05) is 30.8 Å². The van der Waals surface area contributed by atoms with E-state index in [1.165, 1.54) is 11.8 Å². The van der Waals surface area contributed by atoms with E-state index in [9.17, 15) is 4.79 Å². The van der Waals surface area contributed by atoms with Crippen molar-refractivity contribution in [3.63, 3.8) is 0 Å². The largest absolute Gasteiger partial charge is 0.493 e. The molecule has 0 aliphatic carbocycles. The van der Waals surface area contributed by atoms with Gasteiger partial charge in [0.15, 0.2) is 0 Å². The third-order valence-electron chi connectivity index (χ3n) is 2.72. The first-order chi connectivity index (χ1) is 10.7. The van der Waals surface area contributed by atoms with Crippen molar-refractivity contribution in [3.05, 3.63) is 24.3 Å². The quantitative estimate of drug-likeness (QED) is 0.753. The number of nitrogens with one attached hydrogen (secondary N) is 1. The Morgan fingerprint density at radius 2 is 2.14 bits per heavy atom. The molecule has 7 heteroatoms. The van der Waals surface area contributed by atoms with Crippen LogP contribution in [-0.2, 0) is 4.79 Å². The highest BCUT2D eigenvalue weighted by molar-refractivity contribution is 7.99. The molecule has 0 fully saturated rings. The second-order valence-electron chi connectivity index (χ2n) is 4.44. The molecular weight excluding hydrogens is 302 g/mol. The Labute approximate surface area is 133 Å². The molecule has 2 aromatic rings. The van der Waals surface area contributed by atoms with E-state index >= 15 is 0 Å². The van der Waals surface area contributed by atoms with Crippen LogP contribution in [0, 0.1) is 0 Å². The number of hydrogen-bond acceptors (Lipinski definition) is 6. The fourth-order valence-electron chi connectivity index (χ4n) is 1.74. The number of carbonyl (C=O) groups excluding carboxylic acids is 1. The van der Waals surface area contributed by atoms with Gasteiger partial charge in [-0.2, -0.15) is 0 Å². The molecule has 2 rings (SSSR count). The van der Waals surface area contributed by atoms with E-state index in [1.807, 2.05) is 38.1 Å². The minimum absolute atomic E-state index is 0.0404. The lowest BCUT2D eigenvalue weighted by atomic mass is 10.2. The number of thioether (sulfide) groups is 1. The van der Waals surface area contributed by atoms with Crippen LogP contribution in [0.15, 0.2) is 33.9 Å². The van der Waals surface area contributed by atoms with Gasteiger partial charge < -0.3 is 14.5 Å². The Morgan fingerprint density at radius 1 is 1.32 bits per heavy atom. The molecule has 118 valence electrons. The molecule has 1 heterocycles. The number of carbonyl (C=O) groups is 1. The van der Waals surface area contributed by atoms with E-state index in [0.717, 1.165) is 12.0 Å². The summed E-state index contributed by atoms with van der Waals surface area (Å²) in [5, 5.41) is 11.1. The van der Waals surface area contributed by atoms with Crippen LogP contribution in [-0.4, -0.2) is 35.0 Å². The van der Waals surface area contributed by atoms with Crippen molar-refractivity contribution in [1.29, 1.82) is 0 Å². The zero-order valence-electron chi connectivity index (χ0n) is 12.7. The summed E-state index contributed by atoms with van der Waals surface area (Å²) in [4.78, 5) is 11.5. The Morgan fingerprint density at radius 3 is 2.91 bits per heavy atom. The van der Waals surface area contributed by atoms with Gasteiger partial charge in [-0.05, 0) is 25.5 Å². The van der Waals surface area contributed by atoms with Crippen molar-refractivity contribution in [2.75, 3.05) is 18.9 Å². The summed E-state index contributed by atoms with van der Waals surface area (Å²) in [6.45, 7) is 5.16. The maximum absolute atomic E-state index is 11.5. The van der Waals surface area contributed by atoms with Crippen LogP contribution < -0.4 is 10.1 Å². The molecule has 0 saturated heterocycles. The van der Waals surface area contributed by atoms with Gasteiger partial charge in [-0.3, -0.25) is 4.79 Å². The number of para-hydroxylation sites is 1. The third kappa shape index (κ3) is 4.49. The fraction of sp³-hybridized carbons (Fsp3) is 0.400. The van der Waals surface area contributed by atoms with Crippen molar-refractivity contribution in [2.24, 2.45) is 0 Å². The molecule has 0 radical (unpaired) electrons. The minimum atomic E-state index is -0.0404. The molecule has 1 amide bonds. The topological polar surface area (TPSA) is 77.2 Å². The highest BCUT2D eigenvalue weighted by Crippen LogP contribution is 2.30. The second kappa shape index (κ2) is 8.43. The summed E-state index contributed by atoms with van der Waals surface area (Å²) in [6.07, 6.45) is 0.912. The lowest BCUT2D eigenvalue weighted by molar-refractivity contribution is -0.118. The lowest BCUT2D eigenvalue weighted by Crippen LogP contribution is -2.25. The van der Waals surface area contributed by atoms with Crippen LogP contribution in [0.25, 0.3) is 11.5 Å². The smallest absolute Gasteiger partial charge is 0.277 e. The summed E-state index contributed by atoms with van der Waals surface area (Å²) in [5.41, 5.74) is 0.749. The molecule has 0 bridgehead atoms. The average Bonchev–Trinajstić information content (AvgIpc) is 3.00. The molecule has 0 spiro atoms. The van der Waals surface area contributed by atoms with Crippen molar-refractivity contribution >= 4 is 17.7 Å². The van der Waals surface area contributed by atoms with E-state index in [1.54, 1.807) is 0 Å². The molecule has 1 N–H and O–H groups in total. The molecule has 1 aromatic heterocycles. The fourth-order valence-corrected chi connectivity index (χ4v) is 2.34. The predicted octanol–water partition coefficient (Wildman–Crippen LogP) is 2.75. The van der Waals surface area contributed by atoms with Crippen molar-refractivity contribution in [1.82, 2.24) is 15.5 Å². The third-order valence-corrected chi connectivity index (χ3v) is 3.54. The minimum Gasteiger partial charge on any atom is -0.493 e. The van der Waals surface area contributed by atoms with E-state index in [-0.39, 0.29) is 11.7 Å². The first kappa shape index (κ1) is 16.4. The number of rotatable bonds is 8. The van der Waals surface area contributed by atoms with E-state index in [2.05, 4.69) is 15.5 Å². The van der Waals surface area contributed by atoms with Gasteiger partial charge >= 0.3 is 0 Å². The zero-order valence-corrected chi connectivity index (χ0v) is 13.5. The molecule has 0 saturated carbocycles. The summed E-state index contributed by atoms with van der Waals surface area (Å²) >= 11 is 1.22. The predicted molar refractivity (Wildman–Crippen MR) is 84.9 cm³/mol. The summed E-state index contributed by atoms with van der Waals surface area (Å²) in [6, 6.07) is 7.49. The average molecular weight is 321 g/mol. The Bertz CT molecular complexity index is 616. The zero-order chi connectivity index (χ0) is 15.8.